The third-order valence-electron chi connectivity index (χ3n) is 3.64. The van der Waals surface area contributed by atoms with Gasteiger partial charge in [0.15, 0.2) is 0 Å². The SMILES string of the molecule is COc1cccc(COC2CC(Cl)C2(C)C)c1. The van der Waals surface area contributed by atoms with Gasteiger partial charge in [-0.15, -0.1) is 11.6 Å². The molecule has 1 aliphatic carbocycles. The van der Waals surface area contributed by atoms with Crippen molar-refractivity contribution in [2.24, 2.45) is 5.41 Å². The van der Waals surface area contributed by atoms with Crippen LogP contribution in [0, 0.1) is 5.41 Å². The fourth-order valence-electron chi connectivity index (χ4n) is 2.08. The minimum absolute atomic E-state index is 0.0838. The smallest absolute Gasteiger partial charge is 0.119 e. The van der Waals surface area contributed by atoms with E-state index in [4.69, 9.17) is 21.1 Å². The number of ether oxygens (including phenoxy) is 2. The molecule has 0 radical (unpaired) electrons. The van der Waals surface area contributed by atoms with Crippen molar-refractivity contribution in [1.29, 1.82) is 0 Å². The third kappa shape index (κ3) is 2.58. The molecule has 0 aliphatic heterocycles. The monoisotopic (exact) mass is 254 g/mol. The van der Waals surface area contributed by atoms with Crippen LogP contribution in [0.4, 0.5) is 0 Å². The second kappa shape index (κ2) is 4.87. The quantitative estimate of drug-likeness (QED) is 0.764. The Hall–Kier alpha value is -0.730. The molecule has 0 aromatic heterocycles. The zero-order valence-electron chi connectivity index (χ0n) is 10.6. The summed E-state index contributed by atoms with van der Waals surface area (Å²) in [6, 6.07) is 7.97. The molecule has 2 nitrogen and oxygen atoms in total. The molecule has 0 amide bonds. The summed E-state index contributed by atoms with van der Waals surface area (Å²) in [6.45, 7) is 4.93. The molecule has 17 heavy (non-hydrogen) atoms. The Morgan fingerprint density at radius 2 is 2.18 bits per heavy atom. The molecule has 0 N–H and O–H groups in total. The summed E-state index contributed by atoms with van der Waals surface area (Å²) in [7, 11) is 1.67. The van der Waals surface area contributed by atoms with E-state index in [2.05, 4.69) is 13.8 Å². The zero-order chi connectivity index (χ0) is 12.5. The fourth-order valence-corrected chi connectivity index (χ4v) is 2.38. The van der Waals surface area contributed by atoms with E-state index in [1.807, 2.05) is 24.3 Å². The normalized spacial score (nSPS) is 26.4. The lowest BCUT2D eigenvalue weighted by molar-refractivity contribution is -0.0967. The van der Waals surface area contributed by atoms with Crippen LogP contribution in [0.1, 0.15) is 25.8 Å². The number of rotatable bonds is 4. The summed E-state index contributed by atoms with van der Waals surface area (Å²) < 4.78 is 11.1. The summed E-state index contributed by atoms with van der Waals surface area (Å²) in [6.07, 6.45) is 1.20. The van der Waals surface area contributed by atoms with Gasteiger partial charge in [0.1, 0.15) is 5.75 Å². The first-order chi connectivity index (χ1) is 8.04. The van der Waals surface area contributed by atoms with Crippen LogP contribution in [-0.4, -0.2) is 18.6 Å². The summed E-state index contributed by atoms with van der Waals surface area (Å²) in [5.41, 5.74) is 1.22. The number of alkyl halides is 1. The van der Waals surface area contributed by atoms with Crippen molar-refractivity contribution in [3.05, 3.63) is 29.8 Å². The van der Waals surface area contributed by atoms with Gasteiger partial charge in [-0.3, -0.25) is 0 Å². The molecule has 0 spiro atoms. The van der Waals surface area contributed by atoms with Gasteiger partial charge in [0.2, 0.25) is 0 Å². The lowest BCUT2D eigenvalue weighted by atomic mass is 9.68. The molecule has 2 unspecified atom stereocenters. The van der Waals surface area contributed by atoms with E-state index < -0.39 is 0 Å². The first-order valence-electron chi connectivity index (χ1n) is 5.92. The van der Waals surface area contributed by atoms with Gasteiger partial charge in [-0.2, -0.15) is 0 Å². The highest BCUT2D eigenvalue weighted by Crippen LogP contribution is 2.46. The second-order valence-electron chi connectivity index (χ2n) is 5.18. The van der Waals surface area contributed by atoms with Crippen LogP contribution in [0.5, 0.6) is 5.75 Å². The number of methoxy groups -OCH3 is 1. The van der Waals surface area contributed by atoms with E-state index in [9.17, 15) is 0 Å². The molecule has 0 bridgehead atoms. The molecule has 1 aromatic carbocycles. The molecular weight excluding hydrogens is 236 g/mol. The molecule has 2 rings (SSSR count). The van der Waals surface area contributed by atoms with Gasteiger partial charge in [0, 0.05) is 10.8 Å². The van der Waals surface area contributed by atoms with Crippen molar-refractivity contribution in [3.8, 4) is 5.75 Å². The number of benzene rings is 1. The Labute approximate surface area is 108 Å². The van der Waals surface area contributed by atoms with Gasteiger partial charge in [-0.25, -0.2) is 0 Å². The Morgan fingerprint density at radius 1 is 1.41 bits per heavy atom. The standard InChI is InChI=1S/C14H19ClO2/c1-14(2)12(15)8-13(14)17-9-10-5-4-6-11(7-10)16-3/h4-7,12-13H,8-9H2,1-3H3. The van der Waals surface area contributed by atoms with Gasteiger partial charge in [0.05, 0.1) is 19.8 Å². The van der Waals surface area contributed by atoms with E-state index >= 15 is 0 Å². The van der Waals surface area contributed by atoms with Crippen molar-refractivity contribution in [2.45, 2.75) is 38.4 Å². The Balaban J connectivity index is 1.90. The van der Waals surface area contributed by atoms with E-state index in [1.54, 1.807) is 7.11 Å². The van der Waals surface area contributed by atoms with E-state index in [1.165, 1.54) is 0 Å². The number of halogens is 1. The molecular formula is C14H19ClO2. The van der Waals surface area contributed by atoms with Crippen LogP contribution in [-0.2, 0) is 11.3 Å². The van der Waals surface area contributed by atoms with E-state index in [0.717, 1.165) is 17.7 Å². The predicted molar refractivity (Wildman–Crippen MR) is 69.6 cm³/mol. The molecule has 2 atom stereocenters. The average molecular weight is 255 g/mol. The Morgan fingerprint density at radius 3 is 2.76 bits per heavy atom. The number of hydrogen-bond donors (Lipinski definition) is 0. The van der Waals surface area contributed by atoms with Crippen molar-refractivity contribution in [1.82, 2.24) is 0 Å². The molecule has 0 heterocycles. The average Bonchev–Trinajstić information content (AvgIpc) is 2.34. The second-order valence-corrected chi connectivity index (χ2v) is 5.70. The van der Waals surface area contributed by atoms with Crippen LogP contribution in [0.2, 0.25) is 0 Å². The van der Waals surface area contributed by atoms with Gasteiger partial charge >= 0.3 is 0 Å². The summed E-state index contributed by atoms with van der Waals surface area (Å²) in [5, 5.41) is 0.234. The summed E-state index contributed by atoms with van der Waals surface area (Å²) in [4.78, 5) is 0. The highest BCUT2D eigenvalue weighted by atomic mass is 35.5. The van der Waals surface area contributed by atoms with Crippen LogP contribution >= 0.6 is 11.6 Å². The molecule has 0 saturated heterocycles. The van der Waals surface area contributed by atoms with Gasteiger partial charge in [-0.05, 0) is 24.1 Å². The predicted octanol–water partition coefficient (Wildman–Crippen LogP) is 3.62. The lowest BCUT2D eigenvalue weighted by Crippen LogP contribution is -2.51. The molecule has 1 aliphatic rings. The first kappa shape index (κ1) is 12.7. The maximum Gasteiger partial charge on any atom is 0.119 e. The molecule has 1 aromatic rings. The first-order valence-corrected chi connectivity index (χ1v) is 6.36. The molecule has 3 heteroatoms. The maximum atomic E-state index is 6.16. The molecule has 1 fully saturated rings. The van der Waals surface area contributed by atoms with E-state index in [0.29, 0.717) is 6.61 Å². The minimum atomic E-state index is 0.0838. The Bertz CT molecular complexity index is 390. The van der Waals surface area contributed by atoms with Crippen LogP contribution in [0.15, 0.2) is 24.3 Å². The summed E-state index contributed by atoms with van der Waals surface area (Å²) in [5.74, 6) is 0.870. The summed E-state index contributed by atoms with van der Waals surface area (Å²) >= 11 is 6.16. The topological polar surface area (TPSA) is 18.5 Å². The van der Waals surface area contributed by atoms with Crippen LogP contribution in [0.3, 0.4) is 0 Å². The minimum Gasteiger partial charge on any atom is -0.497 e. The van der Waals surface area contributed by atoms with Crippen molar-refractivity contribution in [3.63, 3.8) is 0 Å². The third-order valence-corrected chi connectivity index (χ3v) is 4.38. The van der Waals surface area contributed by atoms with Crippen molar-refractivity contribution in [2.75, 3.05) is 7.11 Å². The molecule has 1 saturated carbocycles. The van der Waals surface area contributed by atoms with Crippen LogP contribution in [0.25, 0.3) is 0 Å². The van der Waals surface area contributed by atoms with Crippen molar-refractivity contribution >= 4 is 11.6 Å². The van der Waals surface area contributed by atoms with Gasteiger partial charge in [0.25, 0.3) is 0 Å². The zero-order valence-corrected chi connectivity index (χ0v) is 11.3. The van der Waals surface area contributed by atoms with Gasteiger partial charge < -0.3 is 9.47 Å². The Kier molecular flexibility index (Phi) is 3.64. The van der Waals surface area contributed by atoms with Crippen LogP contribution < -0.4 is 4.74 Å². The fraction of sp³-hybridized carbons (Fsp3) is 0.571. The molecule has 94 valence electrons. The number of hydrogen-bond acceptors (Lipinski definition) is 2. The maximum absolute atomic E-state index is 6.16. The largest absolute Gasteiger partial charge is 0.497 e. The van der Waals surface area contributed by atoms with Crippen molar-refractivity contribution < 1.29 is 9.47 Å². The van der Waals surface area contributed by atoms with E-state index in [-0.39, 0.29) is 16.9 Å². The lowest BCUT2D eigenvalue weighted by Gasteiger charge is -2.48. The highest BCUT2D eigenvalue weighted by Gasteiger charge is 2.47. The highest BCUT2D eigenvalue weighted by molar-refractivity contribution is 6.21. The van der Waals surface area contributed by atoms with Gasteiger partial charge in [-0.1, -0.05) is 26.0 Å².